The van der Waals surface area contributed by atoms with Gasteiger partial charge in [-0.2, -0.15) is 0 Å². The van der Waals surface area contributed by atoms with Crippen LogP contribution in [0, 0.1) is 0 Å². The van der Waals surface area contributed by atoms with Crippen molar-refractivity contribution in [1.82, 2.24) is 0 Å². The molecule has 0 spiro atoms. The summed E-state index contributed by atoms with van der Waals surface area (Å²) in [5, 5.41) is 10.1. The molecule has 7 heteroatoms. The van der Waals surface area contributed by atoms with E-state index in [-0.39, 0.29) is 0 Å². The average Bonchev–Trinajstić information content (AvgIpc) is 3.46. The molecular weight excluding hydrogens is 929 g/mol. The third-order valence-electron chi connectivity index (χ3n) is 13.9. The zero-order valence-corrected chi connectivity index (χ0v) is 45.1. The highest BCUT2D eigenvalue weighted by Crippen LogP contribution is 2.30. The second-order valence-electron chi connectivity index (χ2n) is 18.6. The van der Waals surface area contributed by atoms with Crippen molar-refractivity contribution in [3.05, 3.63) is 273 Å². The first kappa shape index (κ1) is 49.7. The van der Waals surface area contributed by atoms with Crippen LogP contribution < -0.4 is 46.7 Å². The van der Waals surface area contributed by atoms with E-state index in [1.165, 1.54) is 48.9 Å². The minimum atomic E-state index is -4.07. The Labute approximate surface area is 427 Å². The molecule has 9 aromatic carbocycles. The molecule has 0 bridgehead atoms. The van der Waals surface area contributed by atoms with Crippen LogP contribution in [0.1, 0.15) is 58.3 Å². The molecule has 0 radical (unpaired) electrons. The number of benzene rings is 9. The van der Waals surface area contributed by atoms with Crippen LogP contribution in [0.3, 0.4) is 0 Å². The number of hydrogen-bond acceptors (Lipinski definition) is 3. The van der Waals surface area contributed by atoms with Crippen molar-refractivity contribution < 1.29 is 12.3 Å². The van der Waals surface area contributed by atoms with Gasteiger partial charge in [-0.25, -0.2) is 0 Å². The summed E-state index contributed by atoms with van der Waals surface area (Å²) in [6.45, 7) is 2.29. The number of unbranched alkanes of at least 4 members (excludes halogenated alkanes) is 7. The van der Waals surface area contributed by atoms with Crippen LogP contribution in [0.4, 0.5) is 0 Å². The molecule has 356 valence electrons. The van der Waals surface area contributed by atoms with Gasteiger partial charge >= 0.3 is 17.1 Å². The van der Waals surface area contributed by atoms with E-state index in [9.17, 15) is 0 Å². The quantitative estimate of drug-likeness (QED) is 0.0343. The Morgan fingerprint density at radius 1 is 0.239 bits per heavy atom. The highest BCUT2D eigenvalue weighted by molar-refractivity contribution is 7.16. The fourth-order valence-corrected chi connectivity index (χ4v) is 32.6. The second kappa shape index (κ2) is 24.2. The molecule has 9 aromatic rings. The van der Waals surface area contributed by atoms with Crippen LogP contribution in [0.5, 0.6) is 0 Å². The van der Waals surface area contributed by atoms with Crippen LogP contribution in [0.15, 0.2) is 273 Å². The maximum absolute atomic E-state index is 8.97. The summed E-state index contributed by atoms with van der Waals surface area (Å²) >= 11 is 0. The van der Waals surface area contributed by atoms with E-state index in [1.54, 1.807) is 0 Å². The van der Waals surface area contributed by atoms with Crippen molar-refractivity contribution >= 4 is 80.4 Å². The molecule has 0 saturated carbocycles. The van der Waals surface area contributed by atoms with Crippen molar-refractivity contribution in [2.45, 2.75) is 64.3 Å². The normalized spacial score (nSPS) is 12.1. The maximum Gasteiger partial charge on any atom is 0.389 e. The highest BCUT2D eigenvalue weighted by atomic mass is 28.5. The van der Waals surface area contributed by atoms with E-state index in [4.69, 9.17) is 12.3 Å². The number of rotatable bonds is 24. The van der Waals surface area contributed by atoms with E-state index in [2.05, 4.69) is 280 Å². The van der Waals surface area contributed by atoms with Crippen LogP contribution in [-0.2, 0) is 12.3 Å². The molecule has 0 fully saturated rings. The Morgan fingerprint density at radius 2 is 0.479 bits per heavy atom. The predicted molar refractivity (Wildman–Crippen MR) is 308 cm³/mol. The standard InChI is InChI=1S/C64H66O3Si4/c1-2-3-4-5-6-7-8-36-55-68(56-37-18-9-19-38-56,57-39-20-10-21-40-57)65-70(61-47-28-14-29-48-61,62-49-30-15-31-50-62)67-71(63-51-32-16-33-52-63,64-53-34-17-35-54-64)66-69(58-41-22-11-23-42-58,59-43-24-12-25-44-59)60-45-26-13-27-46-60/h9-35,37-54H,2-8,36,55H2,1H3. The molecule has 0 aliphatic rings. The average molecular weight is 996 g/mol. The maximum atomic E-state index is 8.97. The first-order valence-corrected chi connectivity index (χ1v) is 33.4. The zero-order chi connectivity index (χ0) is 48.5. The predicted octanol–water partition coefficient (Wildman–Crippen LogP) is 10.1. The van der Waals surface area contributed by atoms with E-state index >= 15 is 0 Å². The molecule has 0 amide bonds. The molecular formula is C64H66O3Si4. The van der Waals surface area contributed by atoms with Gasteiger partial charge in [-0.1, -0.05) is 331 Å². The molecule has 9 rings (SSSR count). The summed E-state index contributed by atoms with van der Waals surface area (Å²) in [6, 6.07) is 99.8. The molecule has 0 saturated heterocycles. The Kier molecular flexibility index (Phi) is 17.0. The lowest BCUT2D eigenvalue weighted by Gasteiger charge is -2.49. The topological polar surface area (TPSA) is 27.7 Å². The Balaban J connectivity index is 1.37. The van der Waals surface area contributed by atoms with Gasteiger partial charge in [-0.3, -0.25) is 0 Å². The summed E-state index contributed by atoms with van der Waals surface area (Å²) in [7, 11) is -14.9. The summed E-state index contributed by atoms with van der Waals surface area (Å²) in [5.41, 5.74) is 0. The molecule has 71 heavy (non-hydrogen) atoms. The van der Waals surface area contributed by atoms with Gasteiger partial charge in [0.2, 0.25) is 8.32 Å². The lowest BCUT2D eigenvalue weighted by atomic mass is 10.1. The zero-order valence-electron chi connectivity index (χ0n) is 41.1. The molecule has 0 unspecified atom stereocenters. The molecule has 3 nitrogen and oxygen atoms in total. The highest BCUT2D eigenvalue weighted by Gasteiger charge is 2.61. The summed E-state index contributed by atoms with van der Waals surface area (Å²) in [6.07, 6.45) is 9.83. The molecule has 0 aromatic heterocycles. The lowest BCUT2D eigenvalue weighted by molar-refractivity contribution is 0.359. The first-order valence-electron chi connectivity index (χ1n) is 25.7. The van der Waals surface area contributed by atoms with Crippen LogP contribution in [-0.4, -0.2) is 33.8 Å². The molecule has 0 aliphatic carbocycles. The smallest absolute Gasteiger partial charge is 0.389 e. The van der Waals surface area contributed by atoms with Gasteiger partial charge in [-0.05, 0) is 52.7 Å². The van der Waals surface area contributed by atoms with Crippen molar-refractivity contribution in [1.29, 1.82) is 0 Å². The van der Waals surface area contributed by atoms with E-state index in [0.29, 0.717) is 0 Å². The fourth-order valence-electron chi connectivity index (χ4n) is 10.4. The van der Waals surface area contributed by atoms with E-state index in [0.717, 1.165) is 55.2 Å². The first-order chi connectivity index (χ1) is 35.1. The summed E-state index contributed by atoms with van der Waals surface area (Å²) in [5.74, 6) is 0. The van der Waals surface area contributed by atoms with Gasteiger partial charge in [0.1, 0.15) is 0 Å². The van der Waals surface area contributed by atoms with Crippen molar-refractivity contribution in [3.8, 4) is 0 Å². The summed E-state index contributed by atoms with van der Waals surface area (Å²) < 4.78 is 26.7. The van der Waals surface area contributed by atoms with Crippen LogP contribution in [0.2, 0.25) is 6.04 Å². The van der Waals surface area contributed by atoms with E-state index < -0.39 is 33.8 Å². The monoisotopic (exact) mass is 994 g/mol. The summed E-state index contributed by atoms with van der Waals surface area (Å²) in [4.78, 5) is 0. The van der Waals surface area contributed by atoms with E-state index in [1.807, 2.05) is 0 Å². The Hall–Kier alpha value is -6.27. The van der Waals surface area contributed by atoms with Gasteiger partial charge in [0.25, 0.3) is 8.32 Å². The van der Waals surface area contributed by atoms with Crippen LogP contribution in [0.25, 0.3) is 0 Å². The largest absolute Gasteiger partial charge is 0.422 e. The third kappa shape index (κ3) is 11.0. The Bertz CT molecular complexity index is 2700. The SMILES string of the molecule is CCCCCCCCCC[Si](O[Si](O[Si](O[Si](c1ccccc1)(c1ccccc1)c1ccccc1)(c1ccccc1)c1ccccc1)(c1ccccc1)c1ccccc1)(c1ccccc1)c1ccccc1. The second-order valence-corrected chi connectivity index (χ2v) is 32.2. The van der Waals surface area contributed by atoms with Gasteiger partial charge in [-0.15, -0.1) is 0 Å². The number of hydrogen-bond donors (Lipinski definition) is 0. The van der Waals surface area contributed by atoms with Gasteiger partial charge in [0.05, 0.1) is 0 Å². The minimum absolute atomic E-state index is 0.899. The van der Waals surface area contributed by atoms with Gasteiger partial charge in [0, 0.05) is 0 Å². The molecule has 0 atom stereocenters. The molecule has 0 heterocycles. The molecule has 0 N–H and O–H groups in total. The Morgan fingerprint density at radius 3 is 0.775 bits per heavy atom. The van der Waals surface area contributed by atoms with Crippen molar-refractivity contribution in [2.24, 2.45) is 0 Å². The minimum Gasteiger partial charge on any atom is -0.422 e. The third-order valence-corrected chi connectivity index (χ3v) is 32.5. The van der Waals surface area contributed by atoms with Crippen molar-refractivity contribution in [2.75, 3.05) is 0 Å². The molecule has 0 aliphatic heterocycles. The van der Waals surface area contributed by atoms with Crippen LogP contribution >= 0.6 is 0 Å². The fraction of sp³-hybridized carbons (Fsp3) is 0.156. The van der Waals surface area contributed by atoms with Gasteiger partial charge < -0.3 is 12.3 Å². The van der Waals surface area contributed by atoms with Gasteiger partial charge in [0.15, 0.2) is 0 Å². The van der Waals surface area contributed by atoms with Crippen molar-refractivity contribution in [3.63, 3.8) is 0 Å². The lowest BCUT2D eigenvalue weighted by Crippen LogP contribution is -2.83.